The zero-order valence-electron chi connectivity index (χ0n) is 12.4. The Balaban J connectivity index is 2.21. The molecule has 4 nitrogen and oxygen atoms in total. The van der Waals surface area contributed by atoms with Gasteiger partial charge in [-0.05, 0) is 6.07 Å². The maximum atomic E-state index is 12.6. The summed E-state index contributed by atoms with van der Waals surface area (Å²) in [5.74, 6) is 0. The van der Waals surface area contributed by atoms with Crippen LogP contribution in [0.1, 0.15) is 0 Å². The number of hydrogen-bond donors (Lipinski definition) is 1. The van der Waals surface area contributed by atoms with E-state index in [0.29, 0.717) is 21.3 Å². The number of benzene rings is 2. The Morgan fingerprint density at radius 3 is 2.21 bits per heavy atom. The summed E-state index contributed by atoms with van der Waals surface area (Å²) in [4.78, 5) is 12.4. The fourth-order valence-electron chi connectivity index (χ4n) is 2.44. The zero-order valence-corrected chi connectivity index (χ0v) is 12.4. The highest BCUT2D eigenvalue weighted by molar-refractivity contribution is 5.93. The number of aliphatic hydroxyl groups excluding tert-OH is 1. The summed E-state index contributed by atoms with van der Waals surface area (Å²) in [5.41, 5.74) is 0.387. The van der Waals surface area contributed by atoms with E-state index in [0.717, 1.165) is 0 Å². The van der Waals surface area contributed by atoms with Crippen LogP contribution in [-0.2, 0) is 6.54 Å². The first-order valence-electron chi connectivity index (χ1n) is 7.18. The summed E-state index contributed by atoms with van der Waals surface area (Å²) in [6, 6.07) is 15.4. The predicted octanol–water partition coefficient (Wildman–Crippen LogP) is 2.99. The first kappa shape index (κ1) is 16.2. The number of hydrogen-bond acceptors (Lipinski definition) is 3. The molecule has 124 valence electrons. The Bertz CT molecular complexity index is 921. The van der Waals surface area contributed by atoms with Crippen LogP contribution in [0.15, 0.2) is 59.4 Å². The van der Waals surface area contributed by atoms with E-state index >= 15 is 0 Å². The number of nitrogens with zero attached hydrogens (tertiary/aromatic N) is 2. The highest BCUT2D eigenvalue weighted by atomic mass is 19.4. The molecule has 0 spiro atoms. The van der Waals surface area contributed by atoms with Crippen LogP contribution in [0.4, 0.5) is 13.2 Å². The zero-order chi connectivity index (χ0) is 17.3. The monoisotopic (exact) mass is 334 g/mol. The van der Waals surface area contributed by atoms with Crippen LogP contribution in [0.25, 0.3) is 22.0 Å². The van der Waals surface area contributed by atoms with Gasteiger partial charge in [-0.1, -0.05) is 48.5 Å². The van der Waals surface area contributed by atoms with Crippen LogP contribution in [0.2, 0.25) is 0 Å². The van der Waals surface area contributed by atoms with Crippen LogP contribution >= 0.6 is 0 Å². The molecule has 0 amide bonds. The molecule has 1 atom stereocenters. The number of alkyl halides is 3. The summed E-state index contributed by atoms with van der Waals surface area (Å²) in [7, 11) is 0. The third-order valence-corrected chi connectivity index (χ3v) is 3.64. The summed E-state index contributed by atoms with van der Waals surface area (Å²) in [5, 5.41) is 14.1. The molecule has 0 aliphatic carbocycles. The number of fused-ring (bicyclic) bond motifs is 1. The lowest BCUT2D eigenvalue weighted by Gasteiger charge is -2.16. The van der Waals surface area contributed by atoms with E-state index in [1.165, 1.54) is 6.07 Å². The lowest BCUT2D eigenvalue weighted by Crippen LogP contribution is -2.37. The largest absolute Gasteiger partial charge is 0.416 e. The van der Waals surface area contributed by atoms with Crippen LogP contribution < -0.4 is 5.56 Å². The lowest BCUT2D eigenvalue weighted by molar-refractivity contribution is -0.208. The van der Waals surface area contributed by atoms with E-state index in [-0.39, 0.29) is 5.39 Å². The molecular weight excluding hydrogens is 321 g/mol. The summed E-state index contributed by atoms with van der Waals surface area (Å²) in [6.45, 7) is -0.951. The van der Waals surface area contributed by atoms with E-state index < -0.39 is 24.4 Å². The van der Waals surface area contributed by atoms with Crippen molar-refractivity contribution in [2.45, 2.75) is 18.8 Å². The van der Waals surface area contributed by atoms with E-state index in [9.17, 15) is 23.1 Å². The molecule has 0 saturated carbocycles. The third kappa shape index (κ3) is 3.03. The van der Waals surface area contributed by atoms with Gasteiger partial charge in [0.25, 0.3) is 5.56 Å². The lowest BCUT2D eigenvalue weighted by atomic mass is 10.1. The van der Waals surface area contributed by atoms with Crippen molar-refractivity contribution in [2.75, 3.05) is 0 Å². The van der Waals surface area contributed by atoms with Gasteiger partial charge in [-0.15, -0.1) is 0 Å². The van der Waals surface area contributed by atoms with Crippen molar-refractivity contribution in [3.05, 3.63) is 65.0 Å². The van der Waals surface area contributed by atoms with E-state index in [2.05, 4.69) is 5.10 Å². The molecule has 0 bridgehead atoms. The molecule has 0 aliphatic rings. The molecule has 3 aromatic rings. The molecule has 1 heterocycles. The minimum Gasteiger partial charge on any atom is -0.382 e. The van der Waals surface area contributed by atoms with Crippen LogP contribution in [0.5, 0.6) is 0 Å². The molecule has 0 saturated heterocycles. The van der Waals surface area contributed by atoms with Gasteiger partial charge in [0.2, 0.25) is 0 Å². The van der Waals surface area contributed by atoms with Gasteiger partial charge in [-0.2, -0.15) is 18.3 Å². The Morgan fingerprint density at radius 2 is 1.58 bits per heavy atom. The maximum Gasteiger partial charge on any atom is 0.416 e. The molecular formula is C17H13F3N2O2. The highest BCUT2D eigenvalue weighted by Gasteiger charge is 2.39. The summed E-state index contributed by atoms with van der Waals surface area (Å²) < 4.78 is 38.5. The Hall–Kier alpha value is -2.67. The van der Waals surface area contributed by atoms with E-state index in [1.807, 2.05) is 0 Å². The van der Waals surface area contributed by atoms with Crippen LogP contribution in [0, 0.1) is 0 Å². The Morgan fingerprint density at radius 1 is 1.00 bits per heavy atom. The van der Waals surface area contributed by atoms with Crippen molar-refractivity contribution < 1.29 is 18.3 Å². The van der Waals surface area contributed by atoms with Gasteiger partial charge in [0.1, 0.15) is 0 Å². The van der Waals surface area contributed by atoms with Gasteiger partial charge in [0.05, 0.1) is 17.6 Å². The van der Waals surface area contributed by atoms with Crippen LogP contribution in [0.3, 0.4) is 0 Å². The highest BCUT2D eigenvalue weighted by Crippen LogP contribution is 2.25. The van der Waals surface area contributed by atoms with Crippen LogP contribution in [-0.4, -0.2) is 27.2 Å². The SMILES string of the molecule is O=c1c2ccccc2c(-c2ccccc2)nn1C[C@@H](O)C(F)(F)F. The second-order valence-corrected chi connectivity index (χ2v) is 5.30. The van der Waals surface area contributed by atoms with Crippen molar-refractivity contribution in [1.29, 1.82) is 0 Å². The molecule has 0 unspecified atom stereocenters. The first-order chi connectivity index (χ1) is 11.4. The number of rotatable bonds is 3. The van der Waals surface area contributed by atoms with E-state index in [4.69, 9.17) is 0 Å². The average Bonchev–Trinajstić information content (AvgIpc) is 2.57. The molecule has 3 rings (SSSR count). The first-order valence-corrected chi connectivity index (χ1v) is 7.18. The predicted molar refractivity (Wildman–Crippen MR) is 83.5 cm³/mol. The molecule has 0 fully saturated rings. The van der Waals surface area contributed by atoms with Crippen molar-refractivity contribution in [3.8, 4) is 11.3 Å². The van der Waals surface area contributed by atoms with Gasteiger partial charge >= 0.3 is 6.18 Å². The molecule has 1 N–H and O–H groups in total. The number of aliphatic hydroxyl groups is 1. The minimum absolute atomic E-state index is 0.251. The quantitative estimate of drug-likeness (QED) is 0.801. The molecule has 7 heteroatoms. The second kappa shape index (κ2) is 6.09. The standard InChI is InChI=1S/C17H13F3N2O2/c18-17(19,20)14(23)10-22-16(24)13-9-5-4-8-12(13)15(21-22)11-6-2-1-3-7-11/h1-9,14,23H,10H2/t14-/m1/s1. The van der Waals surface area contributed by atoms with Crippen molar-refractivity contribution in [1.82, 2.24) is 9.78 Å². The minimum atomic E-state index is -4.82. The normalized spacial score (nSPS) is 13.2. The maximum absolute atomic E-state index is 12.6. The van der Waals surface area contributed by atoms with Gasteiger partial charge < -0.3 is 5.11 Å². The van der Waals surface area contributed by atoms with Gasteiger partial charge in [0, 0.05) is 10.9 Å². The van der Waals surface area contributed by atoms with Gasteiger partial charge in [-0.3, -0.25) is 4.79 Å². The molecule has 0 aliphatic heterocycles. The fourth-order valence-corrected chi connectivity index (χ4v) is 2.44. The van der Waals surface area contributed by atoms with Crippen molar-refractivity contribution >= 4 is 10.8 Å². The van der Waals surface area contributed by atoms with Gasteiger partial charge in [0.15, 0.2) is 6.10 Å². The van der Waals surface area contributed by atoms with E-state index in [1.54, 1.807) is 48.5 Å². The molecule has 2 aromatic carbocycles. The second-order valence-electron chi connectivity index (χ2n) is 5.30. The van der Waals surface area contributed by atoms with Gasteiger partial charge in [-0.25, -0.2) is 4.68 Å². The molecule has 1 aromatic heterocycles. The third-order valence-electron chi connectivity index (χ3n) is 3.64. The average molecular weight is 334 g/mol. The number of aromatic nitrogens is 2. The Kier molecular flexibility index (Phi) is 4.11. The smallest absolute Gasteiger partial charge is 0.382 e. The topological polar surface area (TPSA) is 55.1 Å². The van der Waals surface area contributed by atoms with Crippen molar-refractivity contribution in [3.63, 3.8) is 0 Å². The fraction of sp³-hybridized carbons (Fsp3) is 0.176. The Labute approximate surface area is 134 Å². The summed E-state index contributed by atoms with van der Waals surface area (Å²) >= 11 is 0. The summed E-state index contributed by atoms with van der Waals surface area (Å²) in [6.07, 6.45) is -7.48. The van der Waals surface area contributed by atoms with Crippen molar-refractivity contribution in [2.24, 2.45) is 0 Å². The number of halogens is 3. The molecule has 0 radical (unpaired) electrons. The molecule has 24 heavy (non-hydrogen) atoms.